The van der Waals surface area contributed by atoms with Gasteiger partial charge in [-0.1, -0.05) is 5.16 Å². The Morgan fingerprint density at radius 2 is 1.86 bits per heavy atom. The summed E-state index contributed by atoms with van der Waals surface area (Å²) in [6, 6.07) is 0. The number of amides is 1. The third kappa shape index (κ3) is 3.21. The zero-order valence-electron chi connectivity index (χ0n) is 14.2. The highest BCUT2D eigenvalue weighted by molar-refractivity contribution is 5.76. The van der Waals surface area contributed by atoms with E-state index in [-0.39, 0.29) is 5.91 Å². The van der Waals surface area contributed by atoms with Gasteiger partial charge in [-0.05, 0) is 34.1 Å². The van der Waals surface area contributed by atoms with Crippen LogP contribution in [0.4, 0.5) is 0 Å². The molecule has 120 valence electrons. The van der Waals surface area contributed by atoms with Gasteiger partial charge in [0.2, 0.25) is 5.91 Å². The molecule has 0 bridgehead atoms. The fraction of sp³-hybridized carbons (Fsp3) is 0.562. The van der Waals surface area contributed by atoms with E-state index in [9.17, 15) is 4.79 Å². The van der Waals surface area contributed by atoms with Gasteiger partial charge in [-0.15, -0.1) is 0 Å². The third-order valence-corrected chi connectivity index (χ3v) is 4.25. The Labute approximate surface area is 131 Å². The summed E-state index contributed by atoms with van der Waals surface area (Å²) < 4.78 is 6.99. The highest BCUT2D eigenvalue weighted by Gasteiger charge is 2.17. The maximum Gasteiger partial charge on any atom is 0.222 e. The third-order valence-electron chi connectivity index (χ3n) is 4.25. The number of hydrogen-bond donors (Lipinski definition) is 0. The number of carbonyl (C=O) groups excluding carboxylic acids is 1. The van der Waals surface area contributed by atoms with Crippen LogP contribution in [0.5, 0.6) is 0 Å². The number of aryl methyl sites for hydroxylation is 4. The van der Waals surface area contributed by atoms with Crippen LogP contribution < -0.4 is 0 Å². The fourth-order valence-corrected chi connectivity index (χ4v) is 2.65. The Kier molecular flexibility index (Phi) is 4.68. The van der Waals surface area contributed by atoms with Crippen molar-refractivity contribution in [2.75, 3.05) is 7.05 Å². The van der Waals surface area contributed by atoms with Crippen molar-refractivity contribution in [3.05, 3.63) is 34.0 Å². The number of nitrogens with zero attached hydrogens (tertiary/aromatic N) is 4. The minimum atomic E-state index is 0.114. The molecule has 2 rings (SSSR count). The van der Waals surface area contributed by atoms with E-state index in [1.54, 1.807) is 4.90 Å². The molecular formula is C16H24N4O2. The summed E-state index contributed by atoms with van der Waals surface area (Å²) in [6.07, 6.45) is 1.12. The Balaban J connectivity index is 1.98. The quantitative estimate of drug-likeness (QED) is 0.849. The summed E-state index contributed by atoms with van der Waals surface area (Å²) in [7, 11) is 3.76. The van der Waals surface area contributed by atoms with Gasteiger partial charge < -0.3 is 9.42 Å². The first-order chi connectivity index (χ1) is 10.3. The van der Waals surface area contributed by atoms with Gasteiger partial charge in [0.25, 0.3) is 0 Å². The molecule has 0 atom stereocenters. The summed E-state index contributed by atoms with van der Waals surface area (Å²) in [5.41, 5.74) is 5.10. The van der Waals surface area contributed by atoms with E-state index in [1.165, 1.54) is 0 Å². The van der Waals surface area contributed by atoms with Crippen LogP contribution in [-0.4, -0.2) is 32.8 Å². The van der Waals surface area contributed by atoms with E-state index >= 15 is 0 Å². The molecule has 6 nitrogen and oxygen atoms in total. The molecule has 0 aliphatic rings. The van der Waals surface area contributed by atoms with E-state index in [0.29, 0.717) is 19.4 Å². The van der Waals surface area contributed by atoms with Crippen LogP contribution in [0.3, 0.4) is 0 Å². The lowest BCUT2D eigenvalue weighted by molar-refractivity contribution is -0.130. The first-order valence-corrected chi connectivity index (χ1v) is 7.46. The lowest BCUT2D eigenvalue weighted by Gasteiger charge is -2.17. The van der Waals surface area contributed by atoms with Crippen molar-refractivity contribution >= 4 is 5.91 Å². The molecule has 0 saturated heterocycles. The van der Waals surface area contributed by atoms with Gasteiger partial charge in [0.05, 0.1) is 11.4 Å². The Morgan fingerprint density at radius 3 is 2.36 bits per heavy atom. The van der Waals surface area contributed by atoms with Crippen LogP contribution in [0, 0.1) is 27.7 Å². The zero-order valence-corrected chi connectivity index (χ0v) is 14.2. The van der Waals surface area contributed by atoms with E-state index in [4.69, 9.17) is 4.52 Å². The van der Waals surface area contributed by atoms with Crippen molar-refractivity contribution in [2.24, 2.45) is 7.05 Å². The van der Waals surface area contributed by atoms with Crippen molar-refractivity contribution in [2.45, 2.75) is 47.1 Å². The molecular weight excluding hydrogens is 280 g/mol. The number of rotatable bonds is 5. The molecule has 0 fully saturated rings. The molecule has 0 saturated carbocycles. The first kappa shape index (κ1) is 16.3. The molecule has 0 N–H and O–H groups in total. The summed E-state index contributed by atoms with van der Waals surface area (Å²) >= 11 is 0. The number of aromatic nitrogens is 3. The molecule has 0 aliphatic carbocycles. The Morgan fingerprint density at radius 1 is 1.18 bits per heavy atom. The predicted molar refractivity (Wildman–Crippen MR) is 83.5 cm³/mol. The standard InChI is InChI=1S/C16H24N4O2/c1-10-15(12(3)20(6)17-10)9-19(5)16(21)8-7-14-11(2)18-22-13(14)4/h7-9H2,1-6H3. The highest BCUT2D eigenvalue weighted by Crippen LogP contribution is 2.17. The van der Waals surface area contributed by atoms with Gasteiger partial charge in [0, 0.05) is 43.9 Å². The smallest absolute Gasteiger partial charge is 0.222 e. The van der Waals surface area contributed by atoms with Gasteiger partial charge in [0.1, 0.15) is 5.76 Å². The molecule has 6 heteroatoms. The van der Waals surface area contributed by atoms with Crippen LogP contribution in [0.25, 0.3) is 0 Å². The van der Waals surface area contributed by atoms with Gasteiger partial charge in [-0.2, -0.15) is 5.10 Å². The molecule has 2 aromatic rings. The van der Waals surface area contributed by atoms with Crippen molar-refractivity contribution < 1.29 is 9.32 Å². The SMILES string of the molecule is Cc1noc(C)c1CCC(=O)N(C)Cc1c(C)nn(C)c1C. The Bertz CT molecular complexity index is 665. The Hall–Kier alpha value is -2.11. The average molecular weight is 304 g/mol. The van der Waals surface area contributed by atoms with Crippen LogP contribution in [-0.2, 0) is 24.8 Å². The molecule has 2 aromatic heterocycles. The van der Waals surface area contributed by atoms with Crippen molar-refractivity contribution in [3.8, 4) is 0 Å². The lowest BCUT2D eigenvalue weighted by atomic mass is 10.1. The van der Waals surface area contributed by atoms with E-state index in [0.717, 1.165) is 34.0 Å². The van der Waals surface area contributed by atoms with E-state index in [2.05, 4.69) is 10.3 Å². The van der Waals surface area contributed by atoms with Crippen LogP contribution in [0.2, 0.25) is 0 Å². The predicted octanol–water partition coefficient (Wildman–Crippen LogP) is 2.23. The summed E-state index contributed by atoms with van der Waals surface area (Å²) in [5, 5.41) is 8.31. The largest absolute Gasteiger partial charge is 0.361 e. The number of carbonyl (C=O) groups is 1. The second kappa shape index (κ2) is 6.34. The fourth-order valence-electron chi connectivity index (χ4n) is 2.65. The second-order valence-corrected chi connectivity index (χ2v) is 5.83. The summed E-state index contributed by atoms with van der Waals surface area (Å²) in [6.45, 7) is 8.38. The number of hydrogen-bond acceptors (Lipinski definition) is 4. The van der Waals surface area contributed by atoms with Crippen molar-refractivity contribution in [3.63, 3.8) is 0 Å². The molecule has 0 spiro atoms. The average Bonchev–Trinajstić information content (AvgIpc) is 2.90. The summed E-state index contributed by atoms with van der Waals surface area (Å²) in [5.74, 6) is 0.912. The maximum atomic E-state index is 12.3. The molecule has 22 heavy (non-hydrogen) atoms. The van der Waals surface area contributed by atoms with Crippen molar-refractivity contribution in [1.82, 2.24) is 19.8 Å². The monoisotopic (exact) mass is 304 g/mol. The minimum absolute atomic E-state index is 0.114. The van der Waals surface area contributed by atoms with E-state index < -0.39 is 0 Å². The molecule has 0 unspecified atom stereocenters. The van der Waals surface area contributed by atoms with Gasteiger partial charge >= 0.3 is 0 Å². The van der Waals surface area contributed by atoms with Crippen LogP contribution >= 0.6 is 0 Å². The molecule has 1 amide bonds. The molecule has 0 aromatic carbocycles. The molecule has 2 heterocycles. The molecule has 0 radical (unpaired) electrons. The van der Waals surface area contributed by atoms with Crippen LogP contribution in [0.1, 0.15) is 40.4 Å². The maximum absolute atomic E-state index is 12.3. The van der Waals surface area contributed by atoms with Gasteiger partial charge in [0.15, 0.2) is 0 Å². The normalized spacial score (nSPS) is 11.0. The van der Waals surface area contributed by atoms with Crippen LogP contribution in [0.15, 0.2) is 4.52 Å². The minimum Gasteiger partial charge on any atom is -0.361 e. The summed E-state index contributed by atoms with van der Waals surface area (Å²) in [4.78, 5) is 14.1. The lowest BCUT2D eigenvalue weighted by Crippen LogP contribution is -2.27. The van der Waals surface area contributed by atoms with Gasteiger partial charge in [-0.3, -0.25) is 9.48 Å². The zero-order chi connectivity index (χ0) is 16.4. The van der Waals surface area contributed by atoms with E-state index in [1.807, 2.05) is 46.5 Å². The van der Waals surface area contributed by atoms with Gasteiger partial charge in [-0.25, -0.2) is 0 Å². The van der Waals surface area contributed by atoms with Crippen molar-refractivity contribution in [1.29, 1.82) is 0 Å². The topological polar surface area (TPSA) is 64.2 Å². The second-order valence-electron chi connectivity index (χ2n) is 5.83. The first-order valence-electron chi connectivity index (χ1n) is 7.46. The molecule has 0 aliphatic heterocycles. The highest BCUT2D eigenvalue weighted by atomic mass is 16.5.